The average Bonchev–Trinajstić information content (AvgIpc) is 3.44. The summed E-state index contributed by atoms with van der Waals surface area (Å²) in [6.07, 6.45) is 5.28. The predicted octanol–water partition coefficient (Wildman–Crippen LogP) is 4.64. The summed E-state index contributed by atoms with van der Waals surface area (Å²) in [6, 6.07) is 7.33. The summed E-state index contributed by atoms with van der Waals surface area (Å²) in [5.41, 5.74) is 0.778. The Hall–Kier alpha value is -1.51. The summed E-state index contributed by atoms with van der Waals surface area (Å²) in [6.45, 7) is 6.84. The maximum atomic E-state index is 13.0. The highest BCUT2D eigenvalue weighted by molar-refractivity contribution is 7.89. The molecule has 6 nitrogen and oxygen atoms in total. The van der Waals surface area contributed by atoms with E-state index in [0.29, 0.717) is 28.7 Å². The smallest absolute Gasteiger partial charge is 0.243 e. The minimum absolute atomic E-state index is 0.245. The van der Waals surface area contributed by atoms with Crippen molar-refractivity contribution in [3.8, 4) is 11.4 Å². The highest BCUT2D eigenvalue weighted by atomic mass is 32.2. The summed E-state index contributed by atoms with van der Waals surface area (Å²) < 4.78 is 30.1. The van der Waals surface area contributed by atoms with Crippen molar-refractivity contribution < 1.29 is 8.42 Å². The van der Waals surface area contributed by atoms with E-state index in [1.165, 1.54) is 30.0 Å². The molecular weight excluding hydrogens is 404 g/mol. The van der Waals surface area contributed by atoms with Crippen LogP contribution >= 0.6 is 12.2 Å². The van der Waals surface area contributed by atoms with Crippen LogP contribution in [0.25, 0.3) is 11.4 Å². The van der Waals surface area contributed by atoms with Crippen molar-refractivity contribution >= 4 is 22.2 Å². The first-order valence-electron chi connectivity index (χ1n) is 10.6. The van der Waals surface area contributed by atoms with E-state index in [9.17, 15) is 8.42 Å². The zero-order valence-corrected chi connectivity index (χ0v) is 19.0. The molecule has 1 heterocycles. The number of hydrogen-bond acceptors (Lipinski definition) is 4. The summed E-state index contributed by atoms with van der Waals surface area (Å²) >= 11 is 5.57. The van der Waals surface area contributed by atoms with E-state index in [4.69, 9.17) is 12.2 Å². The molecule has 2 aliphatic carbocycles. The molecule has 0 radical (unpaired) electrons. The second-order valence-corrected chi connectivity index (χ2v) is 10.7. The Bertz CT molecular complexity index is 1040. The summed E-state index contributed by atoms with van der Waals surface area (Å²) in [7, 11) is -3.52. The summed E-state index contributed by atoms with van der Waals surface area (Å²) in [4.78, 5) is 0.298. The molecule has 1 aromatic carbocycles. The molecule has 2 bridgehead atoms. The number of aromatic amines is 1. The lowest BCUT2D eigenvalue weighted by Gasteiger charge is -2.29. The SMILES string of the molecule is CCN(CC)S(=O)(=O)c1cccc(-c2n[nH]c(=S)n2[C@@H](C)[C@H]2C[C@H]3CC[C@H]2C3)c1. The molecule has 0 amide bonds. The average molecular weight is 435 g/mol. The van der Waals surface area contributed by atoms with Crippen LogP contribution in [0.1, 0.15) is 52.5 Å². The standard InChI is InChI=1S/C21H30N4O2S2/c1-4-24(5-2)29(26,27)18-8-6-7-17(13-18)20-22-23-21(28)25(20)14(3)19-12-15-9-10-16(19)11-15/h6-8,13-16,19H,4-5,9-12H2,1-3H3,(H,23,28)/t14-,15-,16-,19+/m0/s1. The number of benzene rings is 1. The summed E-state index contributed by atoms with van der Waals surface area (Å²) in [5.74, 6) is 2.97. The Morgan fingerprint density at radius 2 is 2.03 bits per heavy atom. The van der Waals surface area contributed by atoms with Crippen molar-refractivity contribution in [2.45, 2.75) is 57.4 Å². The molecule has 2 aromatic rings. The highest BCUT2D eigenvalue weighted by Crippen LogP contribution is 2.52. The van der Waals surface area contributed by atoms with Gasteiger partial charge in [-0.05, 0) is 68.3 Å². The molecule has 0 saturated heterocycles. The maximum absolute atomic E-state index is 13.0. The van der Waals surface area contributed by atoms with Gasteiger partial charge in [0.1, 0.15) is 0 Å². The van der Waals surface area contributed by atoms with Crippen molar-refractivity contribution in [3.05, 3.63) is 29.0 Å². The van der Waals surface area contributed by atoms with Crippen molar-refractivity contribution in [1.29, 1.82) is 0 Å². The minimum atomic E-state index is -3.52. The number of sulfonamides is 1. The molecule has 29 heavy (non-hydrogen) atoms. The van der Waals surface area contributed by atoms with Gasteiger partial charge in [0.2, 0.25) is 10.0 Å². The fourth-order valence-corrected chi connectivity index (χ4v) is 7.27. The van der Waals surface area contributed by atoms with E-state index >= 15 is 0 Å². The summed E-state index contributed by atoms with van der Waals surface area (Å²) in [5, 5.41) is 7.43. The van der Waals surface area contributed by atoms with Gasteiger partial charge in [-0.15, -0.1) is 0 Å². The van der Waals surface area contributed by atoms with Crippen molar-refractivity contribution in [3.63, 3.8) is 0 Å². The van der Waals surface area contributed by atoms with Gasteiger partial charge in [0, 0.05) is 24.7 Å². The van der Waals surface area contributed by atoms with Crippen LogP contribution in [-0.2, 0) is 10.0 Å². The van der Waals surface area contributed by atoms with Gasteiger partial charge in [0.25, 0.3) is 0 Å². The molecule has 4 atom stereocenters. The third-order valence-electron chi connectivity index (χ3n) is 6.96. The number of aromatic nitrogens is 3. The quantitative estimate of drug-likeness (QED) is 0.645. The van der Waals surface area contributed by atoms with Gasteiger partial charge in [-0.25, -0.2) is 8.42 Å². The monoisotopic (exact) mass is 434 g/mol. The number of H-pyrrole nitrogens is 1. The van der Waals surface area contributed by atoms with Crippen LogP contribution in [0, 0.1) is 22.5 Å². The normalized spacial score (nSPS) is 25.0. The van der Waals surface area contributed by atoms with Crippen LogP contribution in [0.5, 0.6) is 0 Å². The van der Waals surface area contributed by atoms with E-state index in [1.807, 2.05) is 19.9 Å². The molecule has 2 saturated carbocycles. The van der Waals surface area contributed by atoms with E-state index < -0.39 is 10.0 Å². The Kier molecular flexibility index (Phi) is 5.70. The lowest BCUT2D eigenvalue weighted by atomic mass is 9.84. The Labute approximate surface area is 178 Å². The molecule has 8 heteroatoms. The zero-order valence-electron chi connectivity index (χ0n) is 17.3. The third kappa shape index (κ3) is 3.59. The molecule has 158 valence electrons. The molecule has 1 N–H and O–H groups in total. The van der Waals surface area contributed by atoms with Gasteiger partial charge in [0.15, 0.2) is 10.6 Å². The van der Waals surface area contributed by atoms with Gasteiger partial charge in [0.05, 0.1) is 4.90 Å². The molecule has 2 fully saturated rings. The van der Waals surface area contributed by atoms with Crippen LogP contribution in [0.2, 0.25) is 0 Å². The van der Waals surface area contributed by atoms with Crippen molar-refractivity contribution in [2.24, 2.45) is 17.8 Å². The Balaban J connectivity index is 1.71. The lowest BCUT2D eigenvalue weighted by molar-refractivity contribution is 0.242. The van der Waals surface area contributed by atoms with Crippen LogP contribution in [0.15, 0.2) is 29.2 Å². The molecular formula is C21H30N4O2S2. The largest absolute Gasteiger partial charge is 0.297 e. The molecule has 0 unspecified atom stereocenters. The zero-order chi connectivity index (χ0) is 20.8. The third-order valence-corrected chi connectivity index (χ3v) is 9.29. The second-order valence-electron chi connectivity index (χ2n) is 8.42. The van der Waals surface area contributed by atoms with Crippen molar-refractivity contribution in [1.82, 2.24) is 19.1 Å². The number of rotatable bonds is 7. The Morgan fingerprint density at radius 1 is 1.28 bits per heavy atom. The molecule has 0 spiro atoms. The highest BCUT2D eigenvalue weighted by Gasteiger charge is 2.43. The van der Waals surface area contributed by atoms with Crippen LogP contribution in [0.4, 0.5) is 0 Å². The first kappa shape index (κ1) is 20.8. The van der Waals surface area contributed by atoms with Gasteiger partial charge < -0.3 is 0 Å². The maximum Gasteiger partial charge on any atom is 0.243 e. The van der Waals surface area contributed by atoms with Crippen LogP contribution < -0.4 is 0 Å². The van der Waals surface area contributed by atoms with Gasteiger partial charge in [-0.1, -0.05) is 32.4 Å². The van der Waals surface area contributed by atoms with Gasteiger partial charge in [-0.2, -0.15) is 9.40 Å². The van der Waals surface area contributed by atoms with Crippen LogP contribution in [-0.4, -0.2) is 40.6 Å². The predicted molar refractivity (Wildman–Crippen MR) is 117 cm³/mol. The van der Waals surface area contributed by atoms with Gasteiger partial charge in [-0.3, -0.25) is 9.67 Å². The van der Waals surface area contributed by atoms with E-state index in [-0.39, 0.29) is 6.04 Å². The topological polar surface area (TPSA) is 71.0 Å². The molecule has 1 aromatic heterocycles. The number of nitrogens with one attached hydrogen (secondary N) is 1. The fraction of sp³-hybridized carbons (Fsp3) is 0.619. The van der Waals surface area contributed by atoms with E-state index in [1.54, 1.807) is 18.2 Å². The lowest BCUT2D eigenvalue weighted by Crippen LogP contribution is -2.30. The van der Waals surface area contributed by atoms with E-state index in [2.05, 4.69) is 21.7 Å². The van der Waals surface area contributed by atoms with Crippen molar-refractivity contribution in [2.75, 3.05) is 13.1 Å². The number of nitrogens with zero attached hydrogens (tertiary/aromatic N) is 3. The van der Waals surface area contributed by atoms with E-state index in [0.717, 1.165) is 23.2 Å². The number of hydrogen-bond donors (Lipinski definition) is 1. The van der Waals surface area contributed by atoms with Gasteiger partial charge >= 0.3 is 0 Å². The first-order valence-corrected chi connectivity index (χ1v) is 12.5. The molecule has 0 aliphatic heterocycles. The van der Waals surface area contributed by atoms with Crippen LogP contribution in [0.3, 0.4) is 0 Å². The Morgan fingerprint density at radius 3 is 2.66 bits per heavy atom. The minimum Gasteiger partial charge on any atom is -0.297 e. The number of fused-ring (bicyclic) bond motifs is 2. The molecule has 2 aliphatic rings. The first-order chi connectivity index (χ1) is 13.9. The molecule has 4 rings (SSSR count). The second kappa shape index (κ2) is 7.96. The fourth-order valence-electron chi connectivity index (χ4n) is 5.47.